The molecule has 8 heteroatoms. The van der Waals surface area contributed by atoms with Gasteiger partial charge in [0.2, 0.25) is 5.91 Å². The van der Waals surface area contributed by atoms with Crippen molar-refractivity contribution in [3.63, 3.8) is 0 Å². The third-order valence-electron chi connectivity index (χ3n) is 5.02. The van der Waals surface area contributed by atoms with Gasteiger partial charge in [0.15, 0.2) is 5.96 Å². The highest BCUT2D eigenvalue weighted by Crippen LogP contribution is 2.23. The molecule has 3 atom stereocenters. The second-order valence-electron chi connectivity index (χ2n) is 6.90. The van der Waals surface area contributed by atoms with Crippen LogP contribution in [0.4, 0.5) is 0 Å². The van der Waals surface area contributed by atoms with E-state index in [1.807, 2.05) is 18.7 Å². The van der Waals surface area contributed by atoms with Gasteiger partial charge in [0.05, 0.1) is 6.54 Å². The Labute approximate surface area is 177 Å². The van der Waals surface area contributed by atoms with Gasteiger partial charge in [-0.05, 0) is 39.0 Å². The van der Waals surface area contributed by atoms with Gasteiger partial charge >= 0.3 is 0 Å². The maximum Gasteiger partial charge on any atom is 0.224 e. The fraction of sp³-hybridized carbons (Fsp3) is 0.889. The van der Waals surface area contributed by atoms with Crippen molar-refractivity contribution in [1.29, 1.82) is 0 Å². The summed E-state index contributed by atoms with van der Waals surface area (Å²) < 4.78 is 12.1. The number of halogens is 1. The Balaban J connectivity index is 0.00000338. The molecule has 0 bridgehead atoms. The second-order valence-corrected chi connectivity index (χ2v) is 8.90. The van der Waals surface area contributed by atoms with Gasteiger partial charge in [-0.25, -0.2) is 0 Å². The molecule has 0 radical (unpaired) electrons. The predicted molar refractivity (Wildman–Crippen MR) is 120 cm³/mol. The quantitative estimate of drug-likeness (QED) is 0.321. The minimum absolute atomic E-state index is 0. The van der Waals surface area contributed by atoms with Crippen LogP contribution < -0.4 is 10.6 Å². The highest BCUT2D eigenvalue weighted by atomic mass is 127. The first kappa shape index (κ1) is 23.7. The van der Waals surface area contributed by atoms with Gasteiger partial charge in [-0.2, -0.15) is 0 Å². The molecule has 152 valence electrons. The fourth-order valence-electron chi connectivity index (χ4n) is 3.65. The number of likely N-dealkylation sites (tertiary alicyclic amines) is 1. The minimum atomic E-state index is -0.716. The number of amides is 1. The van der Waals surface area contributed by atoms with E-state index in [1.54, 1.807) is 0 Å². The van der Waals surface area contributed by atoms with Gasteiger partial charge < -0.3 is 15.5 Å². The number of nitrogens with one attached hydrogen (secondary N) is 2. The molecule has 1 heterocycles. The molecule has 6 nitrogen and oxygen atoms in total. The van der Waals surface area contributed by atoms with Crippen LogP contribution in [0.25, 0.3) is 0 Å². The van der Waals surface area contributed by atoms with Gasteiger partial charge in [0.25, 0.3) is 0 Å². The average molecular weight is 498 g/mol. The smallest absolute Gasteiger partial charge is 0.224 e. The molecule has 0 aromatic rings. The lowest BCUT2D eigenvalue weighted by molar-refractivity contribution is -0.129. The molecular weight excluding hydrogens is 463 g/mol. The number of guanidine groups is 1. The highest BCUT2D eigenvalue weighted by molar-refractivity contribution is 14.0. The maximum absolute atomic E-state index is 12.1. The van der Waals surface area contributed by atoms with E-state index in [2.05, 4.69) is 15.6 Å². The molecule has 26 heavy (non-hydrogen) atoms. The Bertz CT molecular complexity index is 484. The van der Waals surface area contributed by atoms with E-state index in [4.69, 9.17) is 0 Å². The topological polar surface area (TPSA) is 73.8 Å². The zero-order chi connectivity index (χ0) is 18.1. The number of nitrogens with zero attached hydrogens (tertiary/aromatic N) is 2. The largest absolute Gasteiger partial charge is 0.357 e. The maximum atomic E-state index is 12.1. The van der Waals surface area contributed by atoms with Crippen LogP contribution in [-0.4, -0.2) is 64.2 Å². The third-order valence-corrected chi connectivity index (χ3v) is 6.76. The van der Waals surface area contributed by atoms with Crippen molar-refractivity contribution in [1.82, 2.24) is 15.5 Å². The van der Waals surface area contributed by atoms with Crippen molar-refractivity contribution in [3.8, 4) is 0 Å². The first-order chi connectivity index (χ1) is 12.1. The van der Waals surface area contributed by atoms with Crippen LogP contribution in [0.2, 0.25) is 0 Å². The molecule has 0 aromatic carbocycles. The first-order valence-corrected chi connectivity index (χ1v) is 11.2. The van der Waals surface area contributed by atoms with Crippen LogP contribution in [0.1, 0.15) is 58.8 Å². The Kier molecular flexibility index (Phi) is 11.7. The number of hydrogen-bond donors (Lipinski definition) is 2. The van der Waals surface area contributed by atoms with Crippen LogP contribution in [0.5, 0.6) is 0 Å². The summed E-state index contributed by atoms with van der Waals surface area (Å²) in [5.41, 5.74) is 0. The van der Waals surface area contributed by atoms with Crippen molar-refractivity contribution in [2.75, 3.05) is 31.9 Å². The predicted octanol–water partition coefficient (Wildman–Crippen LogP) is 2.25. The van der Waals surface area contributed by atoms with Crippen LogP contribution in [0, 0.1) is 0 Å². The molecule has 2 fully saturated rings. The summed E-state index contributed by atoms with van der Waals surface area (Å²) in [6.07, 6.45) is 6.94. The van der Waals surface area contributed by atoms with Gasteiger partial charge in [0, 0.05) is 53.9 Å². The first-order valence-electron chi connectivity index (χ1n) is 9.83. The van der Waals surface area contributed by atoms with Gasteiger partial charge in [0.1, 0.15) is 0 Å². The molecular formula is C18H35IN4O2S. The number of hydrogen-bond acceptors (Lipinski definition) is 3. The molecule has 2 rings (SSSR count). The summed E-state index contributed by atoms with van der Waals surface area (Å²) in [6.45, 7) is 7.15. The molecule has 0 aromatic heterocycles. The monoisotopic (exact) mass is 498 g/mol. The lowest BCUT2D eigenvalue weighted by Gasteiger charge is -2.30. The fourth-order valence-corrected chi connectivity index (χ4v) is 5.00. The molecule has 1 aliphatic carbocycles. The van der Waals surface area contributed by atoms with Crippen molar-refractivity contribution in [2.24, 2.45) is 4.99 Å². The molecule has 2 N–H and O–H groups in total. The number of carbonyl (C=O) groups is 1. The summed E-state index contributed by atoms with van der Waals surface area (Å²) >= 11 is 0. The standard InChI is InChI=1S/C18H34N4O2S.HI/c1-3-19-18(20-11-10-17(23)22-12-5-6-13-22)21-15-8-7-9-16(14-15)25(24)4-2;/h15-16H,3-14H2,1-2H3,(H2,19,20,21);1H. The normalized spacial score (nSPS) is 24.7. The molecule has 2 aliphatic rings. The Morgan fingerprint density at radius 2 is 1.92 bits per heavy atom. The van der Waals surface area contributed by atoms with Crippen LogP contribution >= 0.6 is 24.0 Å². The van der Waals surface area contributed by atoms with E-state index < -0.39 is 10.8 Å². The molecule has 3 unspecified atom stereocenters. The Morgan fingerprint density at radius 1 is 1.19 bits per heavy atom. The summed E-state index contributed by atoms with van der Waals surface area (Å²) in [5, 5.41) is 7.06. The van der Waals surface area contributed by atoms with Crippen LogP contribution in [-0.2, 0) is 15.6 Å². The number of carbonyl (C=O) groups excluding carboxylic acids is 1. The lowest BCUT2D eigenvalue weighted by atomic mass is 9.95. The van der Waals surface area contributed by atoms with Crippen molar-refractivity contribution in [3.05, 3.63) is 0 Å². The molecule has 1 amide bonds. The average Bonchev–Trinajstić information content (AvgIpc) is 3.16. The van der Waals surface area contributed by atoms with E-state index >= 15 is 0 Å². The molecule has 1 saturated heterocycles. The van der Waals surface area contributed by atoms with Gasteiger partial charge in [-0.15, -0.1) is 24.0 Å². The van der Waals surface area contributed by atoms with E-state index in [9.17, 15) is 9.00 Å². The molecule has 1 saturated carbocycles. The van der Waals surface area contributed by atoms with Crippen molar-refractivity contribution >= 4 is 46.6 Å². The van der Waals surface area contributed by atoms with Gasteiger partial charge in [-0.3, -0.25) is 14.0 Å². The Morgan fingerprint density at radius 3 is 2.58 bits per heavy atom. The summed E-state index contributed by atoms with van der Waals surface area (Å²) in [6, 6.07) is 0.321. The molecule has 1 aliphatic heterocycles. The zero-order valence-corrected chi connectivity index (χ0v) is 19.3. The second kappa shape index (κ2) is 12.9. The van der Waals surface area contributed by atoms with E-state index in [0.717, 1.165) is 69.9 Å². The van der Waals surface area contributed by atoms with E-state index in [-0.39, 0.29) is 29.9 Å². The van der Waals surface area contributed by atoms with Crippen molar-refractivity contribution < 1.29 is 9.00 Å². The number of aliphatic imine (C=N–C) groups is 1. The summed E-state index contributed by atoms with van der Waals surface area (Å²) in [4.78, 5) is 18.6. The minimum Gasteiger partial charge on any atom is -0.357 e. The lowest BCUT2D eigenvalue weighted by Crippen LogP contribution is -2.46. The molecule has 0 spiro atoms. The summed E-state index contributed by atoms with van der Waals surface area (Å²) in [7, 11) is -0.716. The number of rotatable bonds is 7. The van der Waals surface area contributed by atoms with Crippen molar-refractivity contribution in [2.45, 2.75) is 70.1 Å². The van der Waals surface area contributed by atoms with Crippen LogP contribution in [0.15, 0.2) is 4.99 Å². The van der Waals surface area contributed by atoms with E-state index in [1.165, 1.54) is 0 Å². The summed E-state index contributed by atoms with van der Waals surface area (Å²) in [5.74, 6) is 1.74. The zero-order valence-electron chi connectivity index (χ0n) is 16.2. The highest BCUT2D eigenvalue weighted by Gasteiger charge is 2.26. The van der Waals surface area contributed by atoms with E-state index in [0.29, 0.717) is 24.3 Å². The third kappa shape index (κ3) is 7.70. The van der Waals surface area contributed by atoms with Gasteiger partial charge in [-0.1, -0.05) is 13.3 Å². The van der Waals surface area contributed by atoms with Crippen LogP contribution in [0.3, 0.4) is 0 Å². The Hall–Kier alpha value is -0.380. The SMILES string of the molecule is CCNC(=NCCC(=O)N1CCCC1)NC1CCCC(S(=O)CC)C1.I.